The maximum absolute atomic E-state index is 13.7. The van der Waals surface area contributed by atoms with E-state index < -0.39 is 0 Å². The second-order valence-corrected chi connectivity index (χ2v) is 10.7. The van der Waals surface area contributed by atoms with Crippen molar-refractivity contribution in [1.29, 1.82) is 0 Å². The van der Waals surface area contributed by atoms with Gasteiger partial charge in [-0.25, -0.2) is 0 Å². The highest BCUT2D eigenvalue weighted by Gasteiger charge is 2.29. The van der Waals surface area contributed by atoms with Gasteiger partial charge in [-0.3, -0.25) is 9.78 Å². The first kappa shape index (κ1) is 27.6. The Morgan fingerprint density at radius 2 is 1.66 bits per heavy atom. The van der Waals surface area contributed by atoms with E-state index in [9.17, 15) is 4.79 Å². The smallest absolute Gasteiger partial charge is 0.272 e. The molecule has 2 heterocycles. The Kier molecular flexibility index (Phi) is 9.40. The topological polar surface area (TPSA) is 54.9 Å². The van der Waals surface area contributed by atoms with E-state index in [0.29, 0.717) is 29.7 Å². The minimum absolute atomic E-state index is 0.00889. The molecule has 2 aromatic carbocycles. The third kappa shape index (κ3) is 6.93. The molecule has 1 saturated heterocycles. The van der Waals surface area contributed by atoms with Gasteiger partial charge in [-0.1, -0.05) is 50.2 Å². The van der Waals surface area contributed by atoms with Crippen molar-refractivity contribution in [2.24, 2.45) is 5.92 Å². The van der Waals surface area contributed by atoms with Crippen LogP contribution >= 0.6 is 0 Å². The fourth-order valence-electron chi connectivity index (χ4n) is 5.02. The highest BCUT2D eigenvalue weighted by atomic mass is 16.5. The van der Waals surface area contributed by atoms with Crippen LogP contribution in [0.3, 0.4) is 0 Å². The number of rotatable bonds is 10. The molecule has 1 aliphatic rings. The molecule has 1 amide bonds. The van der Waals surface area contributed by atoms with E-state index in [-0.39, 0.29) is 11.9 Å². The van der Waals surface area contributed by atoms with Crippen molar-refractivity contribution in [1.82, 2.24) is 14.8 Å². The Balaban J connectivity index is 1.51. The summed E-state index contributed by atoms with van der Waals surface area (Å²) in [6, 6.07) is 18.4. The SMILES string of the molecule is COc1ccc(-c2ccc(CN(C(=O)c3ccc(C)cn3)C3CCN(CCC(C)C)CC3)cc2)cc1OC. The Labute approximate surface area is 227 Å². The Bertz CT molecular complexity index is 1180. The standard InChI is InChI=1S/C32H41N3O3/c1-23(2)14-17-34-18-15-28(16-19-34)35(32(36)29-12-6-24(3)21-33-29)22-25-7-9-26(10-8-25)27-11-13-30(37-4)31(20-27)38-5/h6-13,20-21,23,28H,14-19,22H2,1-5H3. The lowest BCUT2D eigenvalue weighted by molar-refractivity contribution is 0.0540. The second kappa shape index (κ2) is 12.9. The van der Waals surface area contributed by atoms with Gasteiger partial charge in [-0.05, 0) is 79.1 Å². The molecule has 202 valence electrons. The molecule has 0 bridgehead atoms. The number of methoxy groups -OCH3 is 2. The fraction of sp³-hybridized carbons (Fsp3) is 0.438. The molecule has 0 spiro atoms. The van der Waals surface area contributed by atoms with Crippen LogP contribution in [0, 0.1) is 12.8 Å². The van der Waals surface area contributed by atoms with Gasteiger partial charge in [0.1, 0.15) is 5.69 Å². The highest BCUT2D eigenvalue weighted by molar-refractivity contribution is 5.92. The van der Waals surface area contributed by atoms with Crippen molar-refractivity contribution in [2.45, 2.75) is 52.6 Å². The van der Waals surface area contributed by atoms with Gasteiger partial charge in [0.15, 0.2) is 11.5 Å². The van der Waals surface area contributed by atoms with Crippen molar-refractivity contribution in [3.8, 4) is 22.6 Å². The molecule has 0 atom stereocenters. The van der Waals surface area contributed by atoms with Gasteiger partial charge in [0, 0.05) is 31.9 Å². The molecular weight excluding hydrogens is 474 g/mol. The minimum Gasteiger partial charge on any atom is -0.493 e. The number of nitrogens with zero attached hydrogens (tertiary/aromatic N) is 3. The minimum atomic E-state index is 0.00889. The van der Waals surface area contributed by atoms with Crippen molar-refractivity contribution in [3.05, 3.63) is 77.6 Å². The molecule has 4 rings (SSSR count). The van der Waals surface area contributed by atoms with Gasteiger partial charge in [0.2, 0.25) is 0 Å². The number of amides is 1. The largest absolute Gasteiger partial charge is 0.493 e. The second-order valence-electron chi connectivity index (χ2n) is 10.7. The van der Waals surface area contributed by atoms with Crippen molar-refractivity contribution < 1.29 is 14.3 Å². The predicted molar refractivity (Wildman–Crippen MR) is 153 cm³/mol. The van der Waals surface area contributed by atoms with Gasteiger partial charge in [0.25, 0.3) is 5.91 Å². The average Bonchev–Trinajstić information content (AvgIpc) is 2.95. The number of pyridine rings is 1. The lowest BCUT2D eigenvalue weighted by Gasteiger charge is -2.38. The van der Waals surface area contributed by atoms with E-state index in [0.717, 1.165) is 54.7 Å². The molecule has 1 fully saturated rings. The van der Waals surface area contributed by atoms with Crippen LogP contribution in [0.25, 0.3) is 11.1 Å². The summed E-state index contributed by atoms with van der Waals surface area (Å²) in [6.45, 7) is 10.3. The van der Waals surface area contributed by atoms with Crippen LogP contribution in [0.1, 0.15) is 54.7 Å². The summed E-state index contributed by atoms with van der Waals surface area (Å²) < 4.78 is 10.8. The third-order valence-corrected chi connectivity index (χ3v) is 7.44. The molecule has 0 N–H and O–H groups in total. The predicted octanol–water partition coefficient (Wildman–Crippen LogP) is 6.23. The number of carbonyl (C=O) groups is 1. The van der Waals surface area contributed by atoms with Crippen molar-refractivity contribution >= 4 is 5.91 Å². The normalized spacial score (nSPS) is 14.5. The van der Waals surface area contributed by atoms with E-state index in [2.05, 4.69) is 48.0 Å². The number of aryl methyl sites for hydroxylation is 1. The van der Waals surface area contributed by atoms with Crippen LogP contribution in [0.2, 0.25) is 0 Å². The van der Waals surface area contributed by atoms with Crippen LogP contribution < -0.4 is 9.47 Å². The quantitative estimate of drug-likeness (QED) is 0.321. The number of piperidine rings is 1. The molecule has 1 aliphatic heterocycles. The number of hydrogen-bond acceptors (Lipinski definition) is 5. The fourth-order valence-corrected chi connectivity index (χ4v) is 5.02. The first-order chi connectivity index (χ1) is 18.4. The first-order valence-corrected chi connectivity index (χ1v) is 13.6. The maximum atomic E-state index is 13.7. The van der Waals surface area contributed by atoms with Crippen LogP contribution in [0.4, 0.5) is 0 Å². The number of benzene rings is 2. The average molecular weight is 516 g/mol. The molecule has 0 radical (unpaired) electrons. The Morgan fingerprint density at radius 1 is 0.974 bits per heavy atom. The van der Waals surface area contributed by atoms with E-state index in [1.807, 2.05) is 42.2 Å². The molecule has 1 aromatic heterocycles. The monoisotopic (exact) mass is 515 g/mol. The van der Waals surface area contributed by atoms with E-state index in [4.69, 9.17) is 9.47 Å². The third-order valence-electron chi connectivity index (χ3n) is 7.44. The summed E-state index contributed by atoms with van der Waals surface area (Å²) in [5.74, 6) is 2.13. The zero-order valence-electron chi connectivity index (χ0n) is 23.4. The molecular formula is C32H41N3O3. The van der Waals surface area contributed by atoms with Crippen LogP contribution in [-0.4, -0.2) is 60.6 Å². The highest BCUT2D eigenvalue weighted by Crippen LogP contribution is 2.32. The van der Waals surface area contributed by atoms with Crippen molar-refractivity contribution in [2.75, 3.05) is 33.9 Å². The van der Waals surface area contributed by atoms with E-state index in [1.54, 1.807) is 20.4 Å². The lowest BCUT2D eigenvalue weighted by Crippen LogP contribution is -2.47. The van der Waals surface area contributed by atoms with Gasteiger partial charge in [-0.15, -0.1) is 0 Å². The number of ether oxygens (including phenoxy) is 2. The molecule has 0 unspecified atom stereocenters. The number of hydrogen-bond donors (Lipinski definition) is 0. The van der Waals surface area contributed by atoms with Crippen LogP contribution in [0.5, 0.6) is 11.5 Å². The van der Waals surface area contributed by atoms with Gasteiger partial charge >= 0.3 is 0 Å². The summed E-state index contributed by atoms with van der Waals surface area (Å²) >= 11 is 0. The summed E-state index contributed by atoms with van der Waals surface area (Å²) in [7, 11) is 3.29. The lowest BCUT2D eigenvalue weighted by atomic mass is 9.99. The summed E-state index contributed by atoms with van der Waals surface area (Å²) in [6.07, 6.45) is 4.96. The molecule has 6 heteroatoms. The van der Waals surface area contributed by atoms with Gasteiger partial charge in [0.05, 0.1) is 14.2 Å². The van der Waals surface area contributed by atoms with Gasteiger partial charge in [-0.2, -0.15) is 0 Å². The number of likely N-dealkylation sites (tertiary alicyclic amines) is 1. The van der Waals surface area contributed by atoms with E-state index in [1.165, 1.54) is 6.42 Å². The van der Waals surface area contributed by atoms with Crippen LogP contribution in [0.15, 0.2) is 60.8 Å². The Morgan fingerprint density at radius 3 is 2.26 bits per heavy atom. The first-order valence-electron chi connectivity index (χ1n) is 13.6. The number of aromatic nitrogens is 1. The Hall–Kier alpha value is -3.38. The van der Waals surface area contributed by atoms with E-state index >= 15 is 0 Å². The molecule has 6 nitrogen and oxygen atoms in total. The molecule has 3 aromatic rings. The zero-order chi connectivity index (χ0) is 27.1. The van der Waals surface area contributed by atoms with Crippen molar-refractivity contribution in [3.63, 3.8) is 0 Å². The van der Waals surface area contributed by atoms with Gasteiger partial charge < -0.3 is 19.3 Å². The molecule has 0 saturated carbocycles. The molecule has 0 aliphatic carbocycles. The summed E-state index contributed by atoms with van der Waals surface area (Å²) in [4.78, 5) is 22.7. The maximum Gasteiger partial charge on any atom is 0.272 e. The molecule has 38 heavy (non-hydrogen) atoms. The summed E-state index contributed by atoms with van der Waals surface area (Å²) in [5.41, 5.74) is 4.82. The zero-order valence-corrected chi connectivity index (χ0v) is 23.4. The summed E-state index contributed by atoms with van der Waals surface area (Å²) in [5, 5.41) is 0. The number of carbonyl (C=O) groups excluding carboxylic acids is 1. The van der Waals surface area contributed by atoms with Crippen LogP contribution in [-0.2, 0) is 6.54 Å².